The summed E-state index contributed by atoms with van der Waals surface area (Å²) in [7, 11) is 0. The second-order valence-corrected chi connectivity index (χ2v) is 3.12. The van der Waals surface area contributed by atoms with Crippen LogP contribution < -0.4 is 5.32 Å². The van der Waals surface area contributed by atoms with Crippen LogP contribution in [-0.2, 0) is 0 Å². The van der Waals surface area contributed by atoms with Gasteiger partial charge in [0.1, 0.15) is 4.88 Å². The van der Waals surface area contributed by atoms with Crippen molar-refractivity contribution in [3.05, 3.63) is 10.6 Å². The first kappa shape index (κ1) is 7.35. The predicted molar refractivity (Wildman–Crippen MR) is 46.4 cm³/mol. The van der Waals surface area contributed by atoms with E-state index in [9.17, 15) is 0 Å². The number of aryl methyl sites for hydroxylation is 1. The molecular weight excluding hydrogens is 174 g/mol. The molecule has 1 aliphatic heterocycles. The maximum Gasteiger partial charge on any atom is 0.197 e. The van der Waals surface area contributed by atoms with Crippen molar-refractivity contribution in [1.82, 2.24) is 14.9 Å². The van der Waals surface area contributed by atoms with E-state index in [0.717, 1.165) is 10.6 Å². The van der Waals surface area contributed by atoms with E-state index >= 15 is 0 Å². The maximum atomic E-state index is 4.12. The van der Waals surface area contributed by atoms with Gasteiger partial charge in [0.05, 0.1) is 5.69 Å². The number of hydrogen-bond donors (Lipinski definition) is 0. The SMILES string of the molecule is CC1=NN=C(c2snnc2C)[N]1. The van der Waals surface area contributed by atoms with Gasteiger partial charge in [0.2, 0.25) is 0 Å². The summed E-state index contributed by atoms with van der Waals surface area (Å²) in [5.41, 5.74) is 0.854. The monoisotopic (exact) mass is 180 g/mol. The molecule has 2 heterocycles. The summed E-state index contributed by atoms with van der Waals surface area (Å²) in [6.07, 6.45) is 0. The van der Waals surface area contributed by atoms with Crippen molar-refractivity contribution in [2.45, 2.75) is 13.8 Å². The molecule has 1 aromatic heterocycles. The first-order chi connectivity index (χ1) is 5.77. The molecule has 0 aromatic carbocycles. The average molecular weight is 180 g/mol. The van der Waals surface area contributed by atoms with E-state index in [0.29, 0.717) is 11.7 Å². The molecule has 0 N–H and O–H groups in total. The molecule has 1 aliphatic rings. The summed E-state index contributed by atoms with van der Waals surface area (Å²) in [5, 5.41) is 15.7. The van der Waals surface area contributed by atoms with Crippen molar-refractivity contribution in [2.24, 2.45) is 10.2 Å². The van der Waals surface area contributed by atoms with E-state index in [1.165, 1.54) is 11.5 Å². The molecule has 0 spiro atoms. The zero-order chi connectivity index (χ0) is 8.55. The van der Waals surface area contributed by atoms with E-state index < -0.39 is 0 Å². The molecule has 0 fully saturated rings. The first-order valence-electron chi connectivity index (χ1n) is 3.40. The zero-order valence-corrected chi connectivity index (χ0v) is 7.46. The molecule has 0 amide bonds. The highest BCUT2D eigenvalue weighted by Gasteiger charge is 2.16. The highest BCUT2D eigenvalue weighted by atomic mass is 32.1. The smallest absolute Gasteiger partial charge is 0.197 e. The highest BCUT2D eigenvalue weighted by molar-refractivity contribution is 7.08. The maximum absolute atomic E-state index is 4.12. The van der Waals surface area contributed by atoms with E-state index in [1.807, 2.05) is 6.92 Å². The van der Waals surface area contributed by atoms with Gasteiger partial charge < -0.3 is 0 Å². The molecule has 1 radical (unpaired) electrons. The van der Waals surface area contributed by atoms with Gasteiger partial charge in [-0.05, 0) is 25.4 Å². The van der Waals surface area contributed by atoms with Gasteiger partial charge >= 0.3 is 0 Å². The third-order valence-corrected chi connectivity index (χ3v) is 2.24. The van der Waals surface area contributed by atoms with Crippen molar-refractivity contribution in [1.29, 1.82) is 0 Å². The molecule has 12 heavy (non-hydrogen) atoms. The topological polar surface area (TPSA) is 64.6 Å². The van der Waals surface area contributed by atoms with Crippen LogP contribution in [0.4, 0.5) is 0 Å². The van der Waals surface area contributed by atoms with Gasteiger partial charge in [0.25, 0.3) is 0 Å². The minimum absolute atomic E-state index is 0.625. The Bertz CT molecular complexity index is 364. The predicted octanol–water partition coefficient (Wildman–Crippen LogP) is 0.545. The minimum atomic E-state index is 0.625. The van der Waals surface area contributed by atoms with Crippen LogP contribution in [0.1, 0.15) is 17.5 Å². The van der Waals surface area contributed by atoms with Gasteiger partial charge in [0.15, 0.2) is 11.7 Å². The highest BCUT2D eigenvalue weighted by Crippen LogP contribution is 2.12. The van der Waals surface area contributed by atoms with Crippen LogP contribution in [-0.4, -0.2) is 21.3 Å². The van der Waals surface area contributed by atoms with Crippen molar-refractivity contribution >= 4 is 23.2 Å². The van der Waals surface area contributed by atoms with Crippen LogP contribution in [0.2, 0.25) is 0 Å². The molecule has 0 atom stereocenters. The summed E-state index contributed by atoms with van der Waals surface area (Å²) in [5.74, 6) is 1.30. The van der Waals surface area contributed by atoms with Crippen LogP contribution in [0.15, 0.2) is 10.2 Å². The first-order valence-corrected chi connectivity index (χ1v) is 4.18. The summed E-state index contributed by atoms with van der Waals surface area (Å²) in [6, 6.07) is 0. The van der Waals surface area contributed by atoms with Crippen LogP contribution in [0.5, 0.6) is 0 Å². The molecule has 0 saturated carbocycles. The number of rotatable bonds is 1. The number of hydrogen-bond acceptors (Lipinski definition) is 5. The molecule has 61 valence electrons. The van der Waals surface area contributed by atoms with Gasteiger partial charge in [-0.25, -0.2) is 5.32 Å². The molecule has 0 unspecified atom stereocenters. The second kappa shape index (κ2) is 2.63. The Kier molecular flexibility index (Phi) is 1.61. The fourth-order valence-corrected chi connectivity index (χ4v) is 1.44. The van der Waals surface area contributed by atoms with Crippen molar-refractivity contribution in [3.63, 3.8) is 0 Å². The summed E-state index contributed by atoms with van der Waals surface area (Å²) in [4.78, 5) is 0.899. The fourth-order valence-electron chi connectivity index (χ4n) is 0.850. The van der Waals surface area contributed by atoms with Gasteiger partial charge in [-0.2, -0.15) is 0 Å². The van der Waals surface area contributed by atoms with Crippen LogP contribution in [0, 0.1) is 6.92 Å². The summed E-state index contributed by atoms with van der Waals surface area (Å²) >= 11 is 1.29. The third-order valence-electron chi connectivity index (χ3n) is 1.41. The Balaban J connectivity index is 2.30. The quantitative estimate of drug-likeness (QED) is 0.633. The Morgan fingerprint density at radius 1 is 1.17 bits per heavy atom. The molecule has 5 nitrogen and oxygen atoms in total. The second-order valence-electron chi connectivity index (χ2n) is 2.37. The van der Waals surface area contributed by atoms with Gasteiger partial charge in [-0.1, -0.05) is 4.49 Å². The lowest BCUT2D eigenvalue weighted by atomic mass is 10.4. The number of amidine groups is 2. The van der Waals surface area contributed by atoms with Gasteiger partial charge in [-0.15, -0.1) is 15.3 Å². The van der Waals surface area contributed by atoms with E-state index in [1.54, 1.807) is 6.92 Å². The Labute approximate surface area is 73.4 Å². The standard InChI is InChI=1S/C6H6N5S/c1-3-5(12-11-8-3)6-7-4(2)9-10-6/h1-2H3. The lowest BCUT2D eigenvalue weighted by Gasteiger charge is -1.93. The van der Waals surface area contributed by atoms with Crippen LogP contribution in [0.25, 0.3) is 0 Å². The van der Waals surface area contributed by atoms with E-state index in [-0.39, 0.29) is 0 Å². The molecular formula is C6H6N5S. The number of aromatic nitrogens is 2. The molecule has 0 bridgehead atoms. The average Bonchev–Trinajstić information content (AvgIpc) is 2.58. The minimum Gasteiger partial charge on any atom is -0.209 e. The number of nitrogens with zero attached hydrogens (tertiary/aromatic N) is 5. The summed E-state index contributed by atoms with van der Waals surface area (Å²) in [6.45, 7) is 3.69. The van der Waals surface area contributed by atoms with Gasteiger partial charge in [0, 0.05) is 0 Å². The molecule has 2 rings (SSSR count). The Hall–Kier alpha value is -1.30. The Morgan fingerprint density at radius 2 is 2.00 bits per heavy atom. The van der Waals surface area contributed by atoms with Crippen molar-refractivity contribution in [2.75, 3.05) is 0 Å². The van der Waals surface area contributed by atoms with Gasteiger partial charge in [-0.3, -0.25) is 0 Å². The molecule has 6 heteroatoms. The lowest BCUT2D eigenvalue weighted by Crippen LogP contribution is -2.16. The zero-order valence-electron chi connectivity index (χ0n) is 6.64. The summed E-state index contributed by atoms with van der Waals surface area (Å²) < 4.78 is 3.79. The van der Waals surface area contributed by atoms with E-state index in [2.05, 4.69) is 25.1 Å². The van der Waals surface area contributed by atoms with Crippen molar-refractivity contribution in [3.8, 4) is 0 Å². The van der Waals surface area contributed by atoms with Crippen LogP contribution in [0.3, 0.4) is 0 Å². The van der Waals surface area contributed by atoms with Crippen LogP contribution >= 0.6 is 11.5 Å². The normalized spacial score (nSPS) is 15.5. The molecule has 1 aromatic rings. The van der Waals surface area contributed by atoms with Crippen molar-refractivity contribution < 1.29 is 0 Å². The molecule has 0 saturated heterocycles. The Morgan fingerprint density at radius 3 is 2.50 bits per heavy atom. The fraction of sp³-hybridized carbons (Fsp3) is 0.333. The molecule has 0 aliphatic carbocycles. The third kappa shape index (κ3) is 1.10. The lowest BCUT2D eigenvalue weighted by molar-refractivity contribution is 1.08. The largest absolute Gasteiger partial charge is 0.209 e. The van der Waals surface area contributed by atoms with E-state index in [4.69, 9.17) is 0 Å².